The van der Waals surface area contributed by atoms with E-state index in [1.165, 1.54) is 0 Å². The number of hydrogen-bond donors (Lipinski definition) is 0. The summed E-state index contributed by atoms with van der Waals surface area (Å²) in [7, 11) is 1.55. The number of benzene rings is 1. The largest absolute Gasteiger partial charge is 0.460 e. The average Bonchev–Trinajstić information content (AvgIpc) is 2.45. The molecule has 116 valence electrons. The quantitative estimate of drug-likeness (QED) is 0.610. The molecule has 0 aliphatic carbocycles. The van der Waals surface area contributed by atoms with Gasteiger partial charge in [0.25, 0.3) is 0 Å². The van der Waals surface area contributed by atoms with Crippen molar-refractivity contribution in [3.63, 3.8) is 0 Å². The van der Waals surface area contributed by atoms with Crippen LogP contribution in [0.2, 0.25) is 0 Å². The van der Waals surface area contributed by atoms with Crippen molar-refractivity contribution >= 4 is 25.7 Å². The van der Waals surface area contributed by atoms with Gasteiger partial charge in [-0.3, -0.25) is 4.79 Å². The van der Waals surface area contributed by atoms with Crippen molar-refractivity contribution in [1.29, 1.82) is 0 Å². The fourth-order valence-electron chi connectivity index (χ4n) is 2.38. The molecular weight excluding hydrogens is 316 g/mol. The molecule has 0 radical (unpaired) electrons. The van der Waals surface area contributed by atoms with E-state index in [0.29, 0.717) is 26.1 Å². The van der Waals surface area contributed by atoms with Gasteiger partial charge in [-0.1, -0.05) is 30.3 Å². The van der Waals surface area contributed by atoms with Gasteiger partial charge in [-0.15, -0.1) is 0 Å². The van der Waals surface area contributed by atoms with E-state index in [-0.39, 0.29) is 6.61 Å². The van der Waals surface area contributed by atoms with Crippen LogP contribution >= 0.6 is 10.7 Å². The Hall–Kier alpha value is -1.11. The van der Waals surface area contributed by atoms with Crippen LogP contribution in [0.4, 0.5) is 0 Å². The second-order valence-electron chi connectivity index (χ2n) is 5.14. The minimum absolute atomic E-state index is 0.116. The van der Waals surface area contributed by atoms with Gasteiger partial charge < -0.3 is 9.47 Å². The molecule has 0 saturated carbocycles. The fraction of sp³-hybridized carbons (Fsp3) is 0.500. The first-order valence-electron chi connectivity index (χ1n) is 6.63. The highest BCUT2D eigenvalue weighted by molar-refractivity contribution is 8.13. The van der Waals surface area contributed by atoms with Gasteiger partial charge in [0, 0.05) is 23.9 Å². The number of hydrogen-bond acceptors (Lipinski definition) is 5. The predicted molar refractivity (Wildman–Crippen MR) is 78.4 cm³/mol. The molecular formula is C14H17ClO5S. The lowest BCUT2D eigenvalue weighted by atomic mass is 9.82. The first kappa shape index (κ1) is 16.3. The number of halogens is 1. The summed E-state index contributed by atoms with van der Waals surface area (Å²) >= 11 is 0. The van der Waals surface area contributed by atoms with Crippen LogP contribution in [0.1, 0.15) is 18.4 Å². The van der Waals surface area contributed by atoms with Crippen molar-refractivity contribution in [2.24, 2.45) is 5.41 Å². The molecule has 21 heavy (non-hydrogen) atoms. The summed E-state index contributed by atoms with van der Waals surface area (Å²) in [5.74, 6) is -0.947. The SMILES string of the molecule is O=C(OCc1ccccc1)C1(CS(=O)(=O)Cl)CCOCC1. The van der Waals surface area contributed by atoms with Crippen LogP contribution in [-0.2, 0) is 29.9 Å². The summed E-state index contributed by atoms with van der Waals surface area (Å²) in [5, 5.41) is 0. The minimum Gasteiger partial charge on any atom is -0.460 e. The predicted octanol–water partition coefficient (Wildman–Crippen LogP) is 2.10. The Bertz CT molecular complexity index is 579. The smallest absolute Gasteiger partial charge is 0.313 e. The van der Waals surface area contributed by atoms with Gasteiger partial charge in [-0.05, 0) is 18.4 Å². The molecule has 0 unspecified atom stereocenters. The highest BCUT2D eigenvalue weighted by Gasteiger charge is 2.44. The number of carbonyl (C=O) groups excluding carboxylic acids is 1. The summed E-state index contributed by atoms with van der Waals surface area (Å²) in [5.41, 5.74) is -0.255. The number of ether oxygens (including phenoxy) is 2. The maximum absolute atomic E-state index is 12.4. The van der Waals surface area contributed by atoms with E-state index < -0.39 is 26.2 Å². The van der Waals surface area contributed by atoms with Crippen molar-refractivity contribution in [3.05, 3.63) is 35.9 Å². The van der Waals surface area contributed by atoms with Crippen molar-refractivity contribution in [2.45, 2.75) is 19.4 Å². The molecule has 7 heteroatoms. The third-order valence-electron chi connectivity index (χ3n) is 3.54. The standard InChI is InChI=1S/C14H17ClO5S/c15-21(17,18)11-14(6-8-19-9-7-14)13(16)20-10-12-4-2-1-3-5-12/h1-5H,6-11H2. The van der Waals surface area contributed by atoms with Crippen molar-refractivity contribution in [3.8, 4) is 0 Å². The Balaban J connectivity index is 2.07. The number of carbonyl (C=O) groups is 1. The van der Waals surface area contributed by atoms with E-state index in [0.717, 1.165) is 5.56 Å². The van der Waals surface area contributed by atoms with E-state index in [4.69, 9.17) is 20.2 Å². The Morgan fingerprint density at radius 2 is 1.86 bits per heavy atom. The first-order valence-corrected chi connectivity index (χ1v) is 9.10. The van der Waals surface area contributed by atoms with Crippen LogP contribution in [0.3, 0.4) is 0 Å². The molecule has 0 N–H and O–H groups in total. The summed E-state index contributed by atoms with van der Waals surface area (Å²) in [4.78, 5) is 12.4. The first-order chi connectivity index (χ1) is 9.91. The topological polar surface area (TPSA) is 69.7 Å². The maximum Gasteiger partial charge on any atom is 0.313 e. The molecule has 1 aliphatic rings. The number of esters is 1. The van der Waals surface area contributed by atoms with Crippen molar-refractivity contribution in [1.82, 2.24) is 0 Å². The van der Waals surface area contributed by atoms with Crippen molar-refractivity contribution < 1.29 is 22.7 Å². The Kier molecular flexibility index (Phi) is 5.24. The molecule has 0 bridgehead atoms. The van der Waals surface area contributed by atoms with Crippen LogP contribution < -0.4 is 0 Å². The molecule has 1 aliphatic heterocycles. The van der Waals surface area contributed by atoms with Gasteiger partial charge in [-0.25, -0.2) is 8.42 Å². The fourth-order valence-corrected chi connectivity index (χ4v) is 4.07. The maximum atomic E-state index is 12.4. The van der Waals surface area contributed by atoms with Crippen LogP contribution in [0.15, 0.2) is 30.3 Å². The molecule has 0 atom stereocenters. The van der Waals surface area contributed by atoms with Crippen LogP contribution in [-0.4, -0.2) is 33.4 Å². The molecule has 1 saturated heterocycles. The zero-order valence-electron chi connectivity index (χ0n) is 11.5. The molecule has 1 fully saturated rings. The van der Waals surface area contributed by atoms with Crippen molar-refractivity contribution in [2.75, 3.05) is 19.0 Å². The molecule has 1 aromatic carbocycles. The average molecular weight is 333 g/mol. The van der Waals surface area contributed by atoms with Gasteiger partial charge in [0.2, 0.25) is 9.05 Å². The molecule has 2 rings (SSSR count). The highest BCUT2D eigenvalue weighted by atomic mass is 35.7. The molecule has 0 aromatic heterocycles. The Morgan fingerprint density at radius 3 is 2.43 bits per heavy atom. The molecule has 1 aromatic rings. The summed E-state index contributed by atoms with van der Waals surface area (Å²) in [6, 6.07) is 9.23. The van der Waals surface area contributed by atoms with Crippen LogP contribution in [0.25, 0.3) is 0 Å². The summed E-state index contributed by atoms with van der Waals surface area (Å²) in [6.07, 6.45) is 0.596. The van der Waals surface area contributed by atoms with E-state index >= 15 is 0 Å². The summed E-state index contributed by atoms with van der Waals surface area (Å²) in [6.45, 7) is 0.768. The second kappa shape index (κ2) is 6.77. The lowest BCUT2D eigenvalue weighted by molar-refractivity contribution is -0.161. The van der Waals surface area contributed by atoms with E-state index in [2.05, 4.69) is 0 Å². The molecule has 0 amide bonds. The normalized spacial score (nSPS) is 18.1. The lowest BCUT2D eigenvalue weighted by Gasteiger charge is -2.33. The Morgan fingerprint density at radius 1 is 1.24 bits per heavy atom. The minimum atomic E-state index is -3.79. The van der Waals surface area contributed by atoms with Gasteiger partial charge in [0.05, 0.1) is 11.2 Å². The Labute approximate surface area is 128 Å². The highest BCUT2D eigenvalue weighted by Crippen LogP contribution is 2.35. The second-order valence-corrected chi connectivity index (χ2v) is 7.91. The van der Waals surface area contributed by atoms with E-state index in [9.17, 15) is 13.2 Å². The van der Waals surface area contributed by atoms with Gasteiger partial charge in [0.15, 0.2) is 0 Å². The molecule has 1 heterocycles. The molecule has 5 nitrogen and oxygen atoms in total. The van der Waals surface area contributed by atoms with E-state index in [1.54, 1.807) is 0 Å². The van der Waals surface area contributed by atoms with Gasteiger partial charge >= 0.3 is 5.97 Å². The van der Waals surface area contributed by atoms with Gasteiger partial charge in [0.1, 0.15) is 6.61 Å². The third-order valence-corrected chi connectivity index (χ3v) is 4.77. The van der Waals surface area contributed by atoms with E-state index in [1.807, 2.05) is 30.3 Å². The monoisotopic (exact) mass is 332 g/mol. The zero-order valence-corrected chi connectivity index (χ0v) is 13.0. The third kappa shape index (κ3) is 4.69. The summed E-state index contributed by atoms with van der Waals surface area (Å²) < 4.78 is 33.3. The zero-order chi connectivity index (χ0) is 15.3. The van der Waals surface area contributed by atoms with Crippen LogP contribution in [0, 0.1) is 5.41 Å². The number of rotatable bonds is 5. The molecule has 0 spiro atoms. The van der Waals surface area contributed by atoms with Gasteiger partial charge in [-0.2, -0.15) is 0 Å². The van der Waals surface area contributed by atoms with Crippen LogP contribution in [0.5, 0.6) is 0 Å². The lowest BCUT2D eigenvalue weighted by Crippen LogP contribution is -2.43.